The van der Waals surface area contributed by atoms with Crippen LogP contribution >= 0.6 is 0 Å². The van der Waals surface area contributed by atoms with Crippen molar-refractivity contribution in [3.05, 3.63) is 24.3 Å². The van der Waals surface area contributed by atoms with Gasteiger partial charge in [-0.1, -0.05) is 6.92 Å². The van der Waals surface area contributed by atoms with E-state index in [0.717, 1.165) is 0 Å². The number of carbonyl (C=O) groups is 2. The van der Waals surface area contributed by atoms with Crippen molar-refractivity contribution in [3.8, 4) is 0 Å². The number of amides is 2. The Labute approximate surface area is 75.2 Å². The van der Waals surface area contributed by atoms with Crippen LogP contribution in [0.4, 0.5) is 0 Å². The van der Waals surface area contributed by atoms with E-state index in [-0.39, 0.29) is 18.0 Å². The Kier molecular flexibility index (Phi) is 3.08. The number of nitrogens with one attached hydrogen (secondary N) is 1. The van der Waals surface area contributed by atoms with Gasteiger partial charge in [0, 0.05) is 18.8 Å². The zero-order chi connectivity index (χ0) is 9.68. The molecule has 0 unspecified atom stereocenters. The van der Waals surface area contributed by atoms with E-state index in [9.17, 15) is 9.59 Å². The van der Waals surface area contributed by atoms with Gasteiger partial charge in [0.25, 0.3) is 5.91 Å². The summed E-state index contributed by atoms with van der Waals surface area (Å²) < 4.78 is 0. The summed E-state index contributed by atoms with van der Waals surface area (Å²) >= 11 is 0. The molecule has 0 fully saturated rings. The van der Waals surface area contributed by atoms with Gasteiger partial charge in [-0.2, -0.15) is 0 Å². The molecule has 0 saturated heterocycles. The number of hydrogen-bond acceptors (Lipinski definition) is 4. The maximum atomic E-state index is 11.2. The summed E-state index contributed by atoms with van der Waals surface area (Å²) in [5.74, 6) is -0.837. The van der Waals surface area contributed by atoms with Gasteiger partial charge < -0.3 is 0 Å². The fraction of sp³-hybridized carbons (Fsp3) is 0.250. The molecular weight excluding hydrogens is 170 g/mol. The predicted octanol–water partition coefficient (Wildman–Crippen LogP) is 0.143. The summed E-state index contributed by atoms with van der Waals surface area (Å²) in [6, 6.07) is 0. The Morgan fingerprint density at radius 3 is 2.77 bits per heavy atom. The quantitative estimate of drug-likeness (QED) is 0.701. The molecule has 13 heavy (non-hydrogen) atoms. The first kappa shape index (κ1) is 9.31. The average Bonchev–Trinajstić information content (AvgIpc) is 2.19. The van der Waals surface area contributed by atoms with E-state index in [0.29, 0.717) is 0 Å². The van der Waals surface area contributed by atoms with E-state index in [2.05, 4.69) is 15.3 Å². The summed E-state index contributed by atoms with van der Waals surface area (Å²) in [5, 5.41) is 2.17. The van der Waals surface area contributed by atoms with Crippen molar-refractivity contribution in [1.29, 1.82) is 0 Å². The van der Waals surface area contributed by atoms with Crippen LogP contribution in [0.2, 0.25) is 0 Å². The highest BCUT2D eigenvalue weighted by Gasteiger charge is 2.08. The van der Waals surface area contributed by atoms with Crippen molar-refractivity contribution < 1.29 is 9.59 Å². The maximum absolute atomic E-state index is 11.2. The fourth-order valence-corrected chi connectivity index (χ4v) is 0.695. The Balaban J connectivity index is 2.65. The van der Waals surface area contributed by atoms with Gasteiger partial charge in [-0.3, -0.25) is 19.9 Å². The third kappa shape index (κ3) is 2.62. The van der Waals surface area contributed by atoms with Gasteiger partial charge >= 0.3 is 0 Å². The first-order valence-electron chi connectivity index (χ1n) is 3.84. The number of imide groups is 1. The lowest BCUT2D eigenvalue weighted by molar-refractivity contribution is -0.119. The van der Waals surface area contributed by atoms with Crippen LogP contribution in [-0.4, -0.2) is 21.8 Å². The number of hydrogen-bond donors (Lipinski definition) is 1. The maximum Gasteiger partial charge on any atom is 0.278 e. The van der Waals surface area contributed by atoms with E-state index in [4.69, 9.17) is 0 Å². The molecule has 0 aromatic carbocycles. The Hall–Kier alpha value is -1.78. The third-order valence-electron chi connectivity index (χ3n) is 1.37. The Morgan fingerprint density at radius 1 is 1.46 bits per heavy atom. The van der Waals surface area contributed by atoms with E-state index in [1.54, 1.807) is 6.92 Å². The summed E-state index contributed by atoms with van der Waals surface area (Å²) in [7, 11) is 0. The molecule has 0 bridgehead atoms. The molecule has 0 radical (unpaired) electrons. The SMILES string of the molecule is CCC(=O)NC(=O)c1cnccn1. The molecule has 1 aromatic rings. The number of aromatic nitrogens is 2. The van der Waals surface area contributed by atoms with Gasteiger partial charge in [-0.15, -0.1) is 0 Å². The first-order chi connectivity index (χ1) is 6.24. The van der Waals surface area contributed by atoms with Crippen molar-refractivity contribution >= 4 is 11.8 Å². The number of nitrogens with zero attached hydrogens (tertiary/aromatic N) is 2. The first-order valence-corrected chi connectivity index (χ1v) is 3.84. The molecular formula is C8H9N3O2. The van der Waals surface area contributed by atoms with Crippen LogP contribution in [0, 0.1) is 0 Å². The highest BCUT2D eigenvalue weighted by atomic mass is 16.2. The molecule has 0 aliphatic rings. The average molecular weight is 179 g/mol. The van der Waals surface area contributed by atoms with Gasteiger partial charge in [0.1, 0.15) is 5.69 Å². The van der Waals surface area contributed by atoms with Crippen molar-refractivity contribution in [2.24, 2.45) is 0 Å². The largest absolute Gasteiger partial charge is 0.291 e. The third-order valence-corrected chi connectivity index (χ3v) is 1.37. The summed E-state index contributed by atoms with van der Waals surface area (Å²) in [6.07, 6.45) is 4.42. The van der Waals surface area contributed by atoms with Gasteiger partial charge in [-0.05, 0) is 0 Å². The van der Waals surface area contributed by atoms with E-state index >= 15 is 0 Å². The molecule has 2 amide bonds. The lowest BCUT2D eigenvalue weighted by atomic mass is 10.4. The molecule has 1 heterocycles. The summed E-state index contributed by atoms with van der Waals surface area (Å²) in [6.45, 7) is 1.67. The van der Waals surface area contributed by atoms with Crippen LogP contribution in [0.25, 0.3) is 0 Å². The van der Waals surface area contributed by atoms with E-state index < -0.39 is 5.91 Å². The van der Waals surface area contributed by atoms with Gasteiger partial charge in [0.2, 0.25) is 5.91 Å². The molecule has 0 aliphatic carbocycles. The van der Waals surface area contributed by atoms with Crippen LogP contribution in [0.15, 0.2) is 18.6 Å². The van der Waals surface area contributed by atoms with Crippen molar-refractivity contribution in [3.63, 3.8) is 0 Å². The normalized spacial score (nSPS) is 9.31. The van der Waals surface area contributed by atoms with Gasteiger partial charge in [0.05, 0.1) is 6.20 Å². The van der Waals surface area contributed by atoms with E-state index in [1.807, 2.05) is 0 Å². The molecule has 0 atom stereocenters. The molecule has 1 rings (SSSR count). The van der Waals surface area contributed by atoms with Crippen molar-refractivity contribution in [2.45, 2.75) is 13.3 Å². The minimum Gasteiger partial charge on any atom is -0.291 e. The molecule has 68 valence electrons. The van der Waals surface area contributed by atoms with Crippen molar-refractivity contribution in [1.82, 2.24) is 15.3 Å². The zero-order valence-electron chi connectivity index (χ0n) is 7.15. The van der Waals surface area contributed by atoms with Crippen LogP contribution in [-0.2, 0) is 4.79 Å². The molecule has 1 aromatic heterocycles. The molecule has 1 N–H and O–H groups in total. The monoisotopic (exact) mass is 179 g/mol. The van der Waals surface area contributed by atoms with Crippen LogP contribution in [0.1, 0.15) is 23.8 Å². The summed E-state index contributed by atoms with van der Waals surface area (Å²) in [5.41, 5.74) is 0.143. The Bertz CT molecular complexity index is 310. The Morgan fingerprint density at radius 2 is 2.23 bits per heavy atom. The standard InChI is InChI=1S/C8H9N3O2/c1-2-7(12)11-8(13)6-5-9-3-4-10-6/h3-5H,2H2,1H3,(H,11,12,13). The van der Waals surface area contributed by atoms with Crippen LogP contribution in [0.3, 0.4) is 0 Å². The highest BCUT2D eigenvalue weighted by molar-refractivity contribution is 6.03. The van der Waals surface area contributed by atoms with Gasteiger partial charge in [-0.25, -0.2) is 4.98 Å². The highest BCUT2D eigenvalue weighted by Crippen LogP contribution is 1.89. The molecule has 5 heteroatoms. The fourth-order valence-electron chi connectivity index (χ4n) is 0.695. The number of rotatable bonds is 2. The lowest BCUT2D eigenvalue weighted by Crippen LogP contribution is -2.30. The predicted molar refractivity (Wildman–Crippen MR) is 44.8 cm³/mol. The van der Waals surface area contributed by atoms with Crippen molar-refractivity contribution in [2.75, 3.05) is 0 Å². The molecule has 0 spiro atoms. The second-order valence-electron chi connectivity index (χ2n) is 2.32. The molecule has 5 nitrogen and oxygen atoms in total. The second kappa shape index (κ2) is 4.30. The molecule has 0 saturated carbocycles. The van der Waals surface area contributed by atoms with Gasteiger partial charge in [0.15, 0.2) is 0 Å². The minimum atomic E-state index is -0.514. The van der Waals surface area contributed by atoms with E-state index in [1.165, 1.54) is 18.6 Å². The van der Waals surface area contributed by atoms with Crippen LogP contribution < -0.4 is 5.32 Å². The molecule has 0 aliphatic heterocycles. The minimum absolute atomic E-state index is 0.143. The number of carbonyl (C=O) groups excluding carboxylic acids is 2. The summed E-state index contributed by atoms with van der Waals surface area (Å²) in [4.78, 5) is 29.4. The topological polar surface area (TPSA) is 72.0 Å². The smallest absolute Gasteiger partial charge is 0.278 e. The second-order valence-corrected chi connectivity index (χ2v) is 2.32. The van der Waals surface area contributed by atoms with Crippen LogP contribution in [0.5, 0.6) is 0 Å². The lowest BCUT2D eigenvalue weighted by Gasteiger charge is -1.99. The zero-order valence-corrected chi connectivity index (χ0v) is 7.15.